The van der Waals surface area contributed by atoms with Crippen molar-refractivity contribution in [1.82, 2.24) is 9.97 Å². The summed E-state index contributed by atoms with van der Waals surface area (Å²) in [5.74, 6) is -0.416. The third-order valence-corrected chi connectivity index (χ3v) is 7.19. The topological polar surface area (TPSA) is 146 Å². The summed E-state index contributed by atoms with van der Waals surface area (Å²) in [7, 11) is 0. The maximum absolute atomic E-state index is 11.0. The molecule has 1 saturated heterocycles. The third kappa shape index (κ3) is 4.83. The molecule has 10 heteroatoms. The Kier molecular flexibility index (Phi) is 6.90. The molecular formula is C23H19N5O3S2. The largest absolute Gasteiger partial charge is 0.478 e. The number of nitrogens with two attached hydrogens (primary N) is 1. The smallest absolute Gasteiger partial charge is 0.335 e. The first-order chi connectivity index (χ1) is 16.0. The van der Waals surface area contributed by atoms with Crippen molar-refractivity contribution in [1.29, 1.82) is 10.5 Å². The lowest BCUT2D eigenvalue weighted by Crippen LogP contribution is -2.16. The maximum atomic E-state index is 11.0. The molecule has 3 N–H and O–H groups in total. The zero-order valence-corrected chi connectivity index (χ0v) is 19.1. The number of hydrogen-bond donors (Lipinski definition) is 2. The van der Waals surface area contributed by atoms with Crippen molar-refractivity contribution in [3.05, 3.63) is 57.6 Å². The van der Waals surface area contributed by atoms with Crippen molar-refractivity contribution in [3.8, 4) is 22.7 Å². The van der Waals surface area contributed by atoms with E-state index in [-0.39, 0.29) is 23.0 Å². The standard InChI is InChI=1S/C23H19N5O3S2/c24-9-16-19(18-3-1-2-8-31-18)17(10-25)22(28-20(16)26)33-12-15-11-32-21(27-15)13-4-6-14(7-5-13)23(29)30/h4-7,11,18H,1-3,8,12H2,(H2,26,28)(H,29,30)/t18-/m1/s1. The van der Waals surface area contributed by atoms with Crippen molar-refractivity contribution in [2.75, 3.05) is 12.3 Å². The van der Waals surface area contributed by atoms with Crippen LogP contribution in [0.15, 0.2) is 34.7 Å². The summed E-state index contributed by atoms with van der Waals surface area (Å²) in [6, 6.07) is 10.9. The van der Waals surface area contributed by atoms with Crippen LogP contribution in [0.5, 0.6) is 0 Å². The van der Waals surface area contributed by atoms with E-state index in [2.05, 4.69) is 22.1 Å². The number of thiazole rings is 1. The van der Waals surface area contributed by atoms with Gasteiger partial charge in [-0.05, 0) is 31.4 Å². The minimum Gasteiger partial charge on any atom is -0.478 e. The molecule has 0 saturated carbocycles. The van der Waals surface area contributed by atoms with Gasteiger partial charge in [-0.2, -0.15) is 10.5 Å². The zero-order valence-electron chi connectivity index (χ0n) is 17.4. The third-order valence-electron chi connectivity index (χ3n) is 5.24. The highest BCUT2D eigenvalue weighted by Crippen LogP contribution is 2.38. The minimum absolute atomic E-state index is 0.0978. The number of rotatable bonds is 6. The highest BCUT2D eigenvalue weighted by atomic mass is 32.2. The van der Waals surface area contributed by atoms with Gasteiger partial charge in [-0.15, -0.1) is 11.3 Å². The average molecular weight is 478 g/mol. The molecule has 1 aliphatic heterocycles. The molecule has 3 aromatic rings. The molecule has 0 amide bonds. The molecule has 1 fully saturated rings. The summed E-state index contributed by atoms with van der Waals surface area (Å²) < 4.78 is 5.86. The van der Waals surface area contributed by atoms with Crippen LogP contribution in [0.2, 0.25) is 0 Å². The number of benzene rings is 1. The number of carboxylic acids is 1. The van der Waals surface area contributed by atoms with Crippen LogP contribution in [0.1, 0.15) is 58.1 Å². The van der Waals surface area contributed by atoms with Crippen LogP contribution in [0.4, 0.5) is 5.82 Å². The number of aromatic nitrogens is 2. The molecule has 2 aromatic heterocycles. The number of carbonyl (C=O) groups is 1. The molecule has 0 unspecified atom stereocenters. The van der Waals surface area contributed by atoms with Gasteiger partial charge in [0.25, 0.3) is 0 Å². The fraction of sp³-hybridized carbons (Fsp3) is 0.261. The van der Waals surface area contributed by atoms with E-state index >= 15 is 0 Å². The van der Waals surface area contributed by atoms with Crippen LogP contribution >= 0.6 is 23.1 Å². The summed E-state index contributed by atoms with van der Waals surface area (Å²) in [6.07, 6.45) is 2.30. The fourth-order valence-corrected chi connectivity index (χ4v) is 5.45. The van der Waals surface area contributed by atoms with Crippen LogP contribution in [0.25, 0.3) is 10.6 Å². The second kappa shape index (κ2) is 10.0. The van der Waals surface area contributed by atoms with Crippen molar-refractivity contribution in [2.45, 2.75) is 36.1 Å². The number of aromatic carboxylic acids is 1. The highest BCUT2D eigenvalue weighted by Gasteiger charge is 2.27. The molecule has 33 heavy (non-hydrogen) atoms. The summed E-state index contributed by atoms with van der Waals surface area (Å²) >= 11 is 2.79. The molecular weight excluding hydrogens is 458 g/mol. The number of thioether (sulfide) groups is 1. The predicted octanol–water partition coefficient (Wildman–Crippen LogP) is 4.76. The van der Waals surface area contributed by atoms with Gasteiger partial charge in [0.1, 0.15) is 33.6 Å². The molecule has 0 spiro atoms. The molecule has 1 atom stereocenters. The number of nitrogen functional groups attached to an aromatic ring is 1. The Balaban J connectivity index is 1.58. The molecule has 8 nitrogen and oxygen atoms in total. The second-order valence-electron chi connectivity index (χ2n) is 7.36. The Hall–Kier alpha value is -3.44. The number of nitriles is 2. The van der Waals surface area contributed by atoms with Crippen molar-refractivity contribution in [3.63, 3.8) is 0 Å². The van der Waals surface area contributed by atoms with E-state index in [1.807, 2.05) is 5.38 Å². The first-order valence-electron chi connectivity index (χ1n) is 10.2. The van der Waals surface area contributed by atoms with Gasteiger partial charge in [0.05, 0.1) is 22.9 Å². The summed E-state index contributed by atoms with van der Waals surface area (Å²) in [5, 5.41) is 31.7. The van der Waals surface area contributed by atoms with Gasteiger partial charge < -0.3 is 15.6 Å². The molecule has 1 aromatic carbocycles. The number of nitrogens with zero attached hydrogens (tertiary/aromatic N) is 4. The van der Waals surface area contributed by atoms with Gasteiger partial charge in [0.15, 0.2) is 0 Å². The fourth-order valence-electron chi connectivity index (χ4n) is 3.62. The summed E-state index contributed by atoms with van der Waals surface area (Å²) in [4.78, 5) is 20.0. The van der Waals surface area contributed by atoms with E-state index in [0.29, 0.717) is 28.5 Å². The van der Waals surface area contributed by atoms with Crippen LogP contribution < -0.4 is 5.73 Å². The Labute approximate surface area is 198 Å². The normalized spacial score (nSPS) is 15.5. The number of pyridine rings is 1. The Morgan fingerprint density at radius 1 is 1.21 bits per heavy atom. The van der Waals surface area contributed by atoms with Gasteiger partial charge >= 0.3 is 5.97 Å². The molecule has 4 rings (SSSR count). The van der Waals surface area contributed by atoms with Gasteiger partial charge in [-0.25, -0.2) is 14.8 Å². The van der Waals surface area contributed by atoms with E-state index in [1.165, 1.54) is 23.1 Å². The van der Waals surface area contributed by atoms with Crippen molar-refractivity contribution in [2.24, 2.45) is 0 Å². The lowest BCUT2D eigenvalue weighted by Gasteiger charge is -2.25. The van der Waals surface area contributed by atoms with Gasteiger partial charge in [0.2, 0.25) is 0 Å². The van der Waals surface area contributed by atoms with Crippen LogP contribution in [0, 0.1) is 22.7 Å². The Morgan fingerprint density at radius 3 is 2.61 bits per heavy atom. The number of ether oxygens (including phenoxy) is 1. The van der Waals surface area contributed by atoms with E-state index in [0.717, 1.165) is 35.5 Å². The quantitative estimate of drug-likeness (QED) is 0.479. The Morgan fingerprint density at radius 2 is 1.97 bits per heavy atom. The lowest BCUT2D eigenvalue weighted by molar-refractivity contribution is 0.0145. The first kappa shape index (κ1) is 22.7. The molecule has 1 aliphatic rings. The number of hydrogen-bond acceptors (Lipinski definition) is 9. The monoisotopic (exact) mass is 477 g/mol. The summed E-state index contributed by atoms with van der Waals surface area (Å²) in [5.41, 5.74) is 9.00. The van der Waals surface area contributed by atoms with Crippen molar-refractivity contribution >= 4 is 34.9 Å². The molecule has 0 aliphatic carbocycles. The maximum Gasteiger partial charge on any atom is 0.335 e. The SMILES string of the molecule is N#Cc1c(N)nc(SCc2csc(-c3ccc(C(=O)O)cc3)n2)c(C#N)c1[C@H]1CCCCO1. The number of anilines is 1. The molecule has 0 radical (unpaired) electrons. The molecule has 0 bridgehead atoms. The summed E-state index contributed by atoms with van der Waals surface area (Å²) in [6.45, 7) is 0.583. The lowest BCUT2D eigenvalue weighted by atomic mass is 9.94. The minimum atomic E-state index is -0.974. The highest BCUT2D eigenvalue weighted by molar-refractivity contribution is 7.98. The number of carboxylic acid groups (broad SMARTS) is 1. The van der Waals surface area contributed by atoms with Crippen molar-refractivity contribution < 1.29 is 14.6 Å². The van der Waals surface area contributed by atoms with E-state index in [9.17, 15) is 15.3 Å². The second-order valence-corrected chi connectivity index (χ2v) is 9.18. The van der Waals surface area contributed by atoms with E-state index in [4.69, 9.17) is 15.6 Å². The average Bonchev–Trinajstić information content (AvgIpc) is 3.32. The van der Waals surface area contributed by atoms with Gasteiger partial charge in [0, 0.05) is 28.9 Å². The van der Waals surface area contributed by atoms with Crippen LogP contribution in [-0.2, 0) is 10.5 Å². The van der Waals surface area contributed by atoms with Gasteiger partial charge in [-0.3, -0.25) is 0 Å². The zero-order chi connectivity index (χ0) is 23.4. The van der Waals surface area contributed by atoms with Crippen LogP contribution in [0.3, 0.4) is 0 Å². The van der Waals surface area contributed by atoms with E-state index < -0.39 is 5.97 Å². The first-order valence-corrected chi connectivity index (χ1v) is 12.0. The van der Waals surface area contributed by atoms with Gasteiger partial charge in [-0.1, -0.05) is 23.9 Å². The van der Waals surface area contributed by atoms with E-state index in [1.54, 1.807) is 24.3 Å². The predicted molar refractivity (Wildman–Crippen MR) is 125 cm³/mol. The van der Waals surface area contributed by atoms with Crippen LogP contribution in [-0.4, -0.2) is 27.7 Å². The molecule has 166 valence electrons. The molecule has 3 heterocycles. The Bertz CT molecular complexity index is 1270.